The lowest BCUT2D eigenvalue weighted by Gasteiger charge is -2.20. The van der Waals surface area contributed by atoms with E-state index in [0.717, 1.165) is 0 Å². The average Bonchev–Trinajstić information content (AvgIpc) is 2.98. The van der Waals surface area contributed by atoms with Gasteiger partial charge in [-0.3, -0.25) is 9.59 Å². The van der Waals surface area contributed by atoms with Gasteiger partial charge in [0.15, 0.2) is 5.43 Å². The van der Waals surface area contributed by atoms with Gasteiger partial charge in [0.2, 0.25) is 0 Å². The average molecular weight is 337 g/mol. The lowest BCUT2D eigenvalue weighted by atomic mass is 10.0. The number of nitrogens with one attached hydrogen (secondary N) is 2. The number of aromatic amines is 1. The first-order valence-electron chi connectivity index (χ1n) is 7.11. The fourth-order valence-corrected chi connectivity index (χ4v) is 2.70. The highest BCUT2D eigenvalue weighted by molar-refractivity contribution is 6.30. The van der Waals surface area contributed by atoms with Gasteiger partial charge < -0.3 is 15.0 Å². The van der Waals surface area contributed by atoms with Crippen LogP contribution in [-0.4, -0.2) is 23.5 Å². The molecular formula is C16H14ClFN2O3. The molecule has 1 fully saturated rings. The molecule has 0 bridgehead atoms. The van der Waals surface area contributed by atoms with Gasteiger partial charge in [-0.2, -0.15) is 0 Å². The predicted molar refractivity (Wildman–Crippen MR) is 83.0 cm³/mol. The van der Waals surface area contributed by atoms with E-state index in [-0.39, 0.29) is 22.2 Å². The molecule has 1 saturated heterocycles. The molecule has 1 aliphatic rings. The number of carbonyl (C=O) groups excluding carboxylic acids is 1. The molecule has 0 aliphatic carbocycles. The minimum atomic E-state index is -0.530. The van der Waals surface area contributed by atoms with Gasteiger partial charge in [0, 0.05) is 24.9 Å². The Bertz CT molecular complexity index is 793. The largest absolute Gasteiger partial charge is 0.371 e. The molecule has 1 aromatic carbocycles. The number of rotatable bonds is 3. The molecule has 0 spiro atoms. The molecule has 23 heavy (non-hydrogen) atoms. The van der Waals surface area contributed by atoms with Gasteiger partial charge in [0.1, 0.15) is 17.6 Å². The third kappa shape index (κ3) is 3.43. The highest BCUT2D eigenvalue weighted by atomic mass is 35.5. The molecule has 2 aromatic rings. The summed E-state index contributed by atoms with van der Waals surface area (Å²) in [5.74, 6) is -0.935. The van der Waals surface area contributed by atoms with Gasteiger partial charge in [-0.25, -0.2) is 4.39 Å². The molecule has 2 atom stereocenters. The maximum absolute atomic E-state index is 13.6. The minimum Gasteiger partial charge on any atom is -0.371 e. The van der Waals surface area contributed by atoms with E-state index in [1.165, 1.54) is 30.5 Å². The summed E-state index contributed by atoms with van der Waals surface area (Å²) in [5.41, 5.74) is 0.523. The second-order valence-corrected chi connectivity index (χ2v) is 5.68. The number of amides is 1. The summed E-state index contributed by atoms with van der Waals surface area (Å²) in [4.78, 5) is 26.3. The molecule has 0 saturated carbocycles. The van der Waals surface area contributed by atoms with E-state index < -0.39 is 17.8 Å². The van der Waals surface area contributed by atoms with Gasteiger partial charge >= 0.3 is 0 Å². The maximum Gasteiger partial charge on any atom is 0.268 e. The molecule has 1 aromatic heterocycles. The van der Waals surface area contributed by atoms with Crippen LogP contribution >= 0.6 is 11.6 Å². The second-order valence-electron chi connectivity index (χ2n) is 5.27. The lowest BCUT2D eigenvalue weighted by molar-refractivity contribution is 0.0817. The quantitative estimate of drug-likeness (QED) is 0.904. The Morgan fingerprint density at radius 3 is 2.91 bits per heavy atom. The van der Waals surface area contributed by atoms with Crippen LogP contribution in [0.3, 0.4) is 0 Å². The predicted octanol–water partition coefficient (Wildman–Crippen LogP) is 2.43. The van der Waals surface area contributed by atoms with Gasteiger partial charge in [-0.1, -0.05) is 17.7 Å². The first-order valence-corrected chi connectivity index (χ1v) is 7.48. The molecule has 2 N–H and O–H groups in total. The monoisotopic (exact) mass is 336 g/mol. The first kappa shape index (κ1) is 15.7. The number of benzene rings is 1. The van der Waals surface area contributed by atoms with Crippen LogP contribution < -0.4 is 10.7 Å². The van der Waals surface area contributed by atoms with E-state index in [9.17, 15) is 14.0 Å². The number of hydrogen-bond acceptors (Lipinski definition) is 3. The molecule has 5 nitrogen and oxygen atoms in total. The van der Waals surface area contributed by atoms with Crippen molar-refractivity contribution in [1.29, 1.82) is 0 Å². The summed E-state index contributed by atoms with van der Waals surface area (Å²) in [7, 11) is 0. The summed E-state index contributed by atoms with van der Waals surface area (Å²) in [6.45, 7) is 0.450. The number of halogens is 2. The van der Waals surface area contributed by atoms with Gasteiger partial charge in [0.05, 0.1) is 11.1 Å². The molecule has 120 valence electrons. The van der Waals surface area contributed by atoms with Crippen LogP contribution in [0.2, 0.25) is 5.02 Å². The van der Waals surface area contributed by atoms with E-state index in [4.69, 9.17) is 16.3 Å². The molecule has 1 aliphatic heterocycles. The van der Waals surface area contributed by atoms with E-state index in [1.54, 1.807) is 6.07 Å². The third-order valence-electron chi connectivity index (χ3n) is 3.70. The van der Waals surface area contributed by atoms with Crippen LogP contribution in [0.1, 0.15) is 28.6 Å². The third-order valence-corrected chi connectivity index (χ3v) is 4.00. The van der Waals surface area contributed by atoms with E-state index >= 15 is 0 Å². The van der Waals surface area contributed by atoms with E-state index in [0.29, 0.717) is 18.6 Å². The zero-order chi connectivity index (χ0) is 16.4. The van der Waals surface area contributed by atoms with Gasteiger partial charge in [-0.05, 0) is 24.1 Å². The van der Waals surface area contributed by atoms with Crippen molar-refractivity contribution in [2.45, 2.75) is 18.6 Å². The topological polar surface area (TPSA) is 71.2 Å². The Labute approximate surface area is 136 Å². The summed E-state index contributed by atoms with van der Waals surface area (Å²) < 4.78 is 19.2. The molecule has 7 heteroatoms. The highest BCUT2D eigenvalue weighted by Crippen LogP contribution is 2.31. The smallest absolute Gasteiger partial charge is 0.268 e. The number of carbonyl (C=O) groups is 1. The Morgan fingerprint density at radius 2 is 2.17 bits per heavy atom. The molecule has 1 amide bonds. The first-order chi connectivity index (χ1) is 11.0. The van der Waals surface area contributed by atoms with Crippen molar-refractivity contribution in [3.8, 4) is 0 Å². The highest BCUT2D eigenvalue weighted by Gasteiger charge is 2.31. The fourth-order valence-electron chi connectivity index (χ4n) is 2.58. The summed E-state index contributed by atoms with van der Waals surface area (Å²) in [6, 6.07) is 6.68. The number of H-pyrrole nitrogens is 1. The minimum absolute atomic E-state index is 0.0363. The van der Waals surface area contributed by atoms with Crippen molar-refractivity contribution in [2.75, 3.05) is 6.61 Å². The normalized spacial score (nSPS) is 20.4. The Hall–Kier alpha value is -2.18. The van der Waals surface area contributed by atoms with Crippen molar-refractivity contribution in [1.82, 2.24) is 10.3 Å². The van der Waals surface area contributed by atoms with Crippen LogP contribution in [0.5, 0.6) is 0 Å². The molecule has 0 radical (unpaired) electrons. The van der Waals surface area contributed by atoms with Crippen molar-refractivity contribution in [3.63, 3.8) is 0 Å². The summed E-state index contributed by atoms with van der Waals surface area (Å²) in [5, 5.41) is 2.85. The van der Waals surface area contributed by atoms with Crippen LogP contribution in [0.25, 0.3) is 0 Å². The Morgan fingerprint density at radius 1 is 1.35 bits per heavy atom. The number of ether oxygens (including phenoxy) is 1. The zero-order valence-corrected chi connectivity index (χ0v) is 12.8. The van der Waals surface area contributed by atoms with Gasteiger partial charge in [-0.15, -0.1) is 0 Å². The molecule has 3 rings (SSSR count). The fraction of sp³-hybridized carbons (Fsp3) is 0.250. The zero-order valence-electron chi connectivity index (χ0n) is 12.0. The van der Waals surface area contributed by atoms with E-state index in [2.05, 4.69) is 10.3 Å². The summed E-state index contributed by atoms with van der Waals surface area (Å²) >= 11 is 5.68. The van der Waals surface area contributed by atoms with Crippen molar-refractivity contribution in [3.05, 3.63) is 68.8 Å². The lowest BCUT2D eigenvalue weighted by Crippen LogP contribution is -2.37. The standard InChI is InChI=1S/C16H14ClFN2O3/c17-11-2-1-9(7-12(11)18)15-13(4-6-23-15)20-16(22)14-8-10(21)3-5-19-14/h1-3,5,7-8,13,15H,4,6H2,(H,19,21)(H,20,22)/t13-,15+/m1/s1. The Balaban J connectivity index is 1.77. The second kappa shape index (κ2) is 6.52. The molecular weight excluding hydrogens is 323 g/mol. The number of pyridine rings is 1. The van der Waals surface area contributed by atoms with Crippen molar-refractivity contribution < 1.29 is 13.9 Å². The van der Waals surface area contributed by atoms with Gasteiger partial charge in [0.25, 0.3) is 5.91 Å². The summed E-state index contributed by atoms with van der Waals surface area (Å²) in [6.07, 6.45) is 1.55. The maximum atomic E-state index is 13.6. The van der Waals surface area contributed by atoms with Crippen molar-refractivity contribution >= 4 is 17.5 Å². The Kier molecular flexibility index (Phi) is 4.45. The molecule has 2 heterocycles. The van der Waals surface area contributed by atoms with Crippen LogP contribution in [0.4, 0.5) is 4.39 Å². The number of hydrogen-bond donors (Lipinski definition) is 2. The van der Waals surface area contributed by atoms with E-state index in [1.807, 2.05) is 0 Å². The molecule has 0 unspecified atom stereocenters. The van der Waals surface area contributed by atoms with Crippen molar-refractivity contribution in [2.24, 2.45) is 0 Å². The van der Waals surface area contributed by atoms with Crippen LogP contribution in [0.15, 0.2) is 41.3 Å². The SMILES string of the molecule is O=C(N[C@@H]1CCO[C@H]1c1ccc(Cl)c(F)c1)c1cc(=O)cc[nH]1. The van der Waals surface area contributed by atoms with Crippen LogP contribution in [0, 0.1) is 5.82 Å². The number of aromatic nitrogens is 1. The van der Waals surface area contributed by atoms with Crippen LogP contribution in [-0.2, 0) is 4.74 Å².